The quantitative estimate of drug-likeness (QED) is 0.223. The van der Waals surface area contributed by atoms with Crippen molar-refractivity contribution in [3.8, 4) is 0 Å². The molecular formula is C16H26N2S. The Bertz CT molecular complexity index is 348. The minimum atomic E-state index is 0.398. The molecule has 0 spiro atoms. The van der Waals surface area contributed by atoms with Crippen molar-refractivity contribution in [3.05, 3.63) is 42.5 Å². The van der Waals surface area contributed by atoms with Crippen LogP contribution >= 0.6 is 11.8 Å². The van der Waals surface area contributed by atoms with Crippen molar-refractivity contribution in [1.82, 2.24) is 5.43 Å². The van der Waals surface area contributed by atoms with Gasteiger partial charge in [0.1, 0.15) is 0 Å². The maximum Gasteiger partial charge on any atom is 0.0304 e. The standard InChI is InChI=1S/C16H26N2S/c1-3-4-5-6-7-8-15(18-17)13-19-16-11-9-14(2)10-12-16/h3,9-12,15,18H,1,4-8,13,17H2,2H3. The van der Waals surface area contributed by atoms with Crippen molar-refractivity contribution < 1.29 is 0 Å². The van der Waals surface area contributed by atoms with Crippen LogP contribution in [-0.4, -0.2) is 11.8 Å². The highest BCUT2D eigenvalue weighted by atomic mass is 32.2. The lowest BCUT2D eigenvalue weighted by Crippen LogP contribution is -2.36. The monoisotopic (exact) mass is 278 g/mol. The molecule has 1 aromatic rings. The van der Waals surface area contributed by atoms with Gasteiger partial charge in [0.05, 0.1) is 0 Å². The molecule has 1 atom stereocenters. The van der Waals surface area contributed by atoms with Gasteiger partial charge in [0.25, 0.3) is 0 Å². The molecule has 19 heavy (non-hydrogen) atoms. The molecule has 0 aliphatic carbocycles. The Morgan fingerprint density at radius 1 is 1.26 bits per heavy atom. The van der Waals surface area contributed by atoms with E-state index in [1.165, 1.54) is 29.7 Å². The summed E-state index contributed by atoms with van der Waals surface area (Å²) < 4.78 is 0. The lowest BCUT2D eigenvalue weighted by molar-refractivity contribution is 0.503. The molecule has 3 heteroatoms. The van der Waals surface area contributed by atoms with E-state index in [2.05, 4.69) is 43.2 Å². The lowest BCUT2D eigenvalue weighted by Gasteiger charge is -2.15. The summed E-state index contributed by atoms with van der Waals surface area (Å²) in [6.07, 6.45) is 8.00. The molecule has 0 bridgehead atoms. The van der Waals surface area contributed by atoms with Gasteiger partial charge in [-0.1, -0.05) is 36.6 Å². The minimum absolute atomic E-state index is 0.398. The van der Waals surface area contributed by atoms with Gasteiger partial charge < -0.3 is 0 Å². The largest absolute Gasteiger partial charge is 0.271 e. The second kappa shape index (κ2) is 10.1. The zero-order valence-electron chi connectivity index (χ0n) is 11.9. The summed E-state index contributed by atoms with van der Waals surface area (Å²) in [6, 6.07) is 9.07. The van der Waals surface area contributed by atoms with Crippen molar-refractivity contribution in [2.45, 2.75) is 50.0 Å². The highest BCUT2D eigenvalue weighted by molar-refractivity contribution is 7.99. The molecule has 0 saturated heterocycles. The van der Waals surface area contributed by atoms with Crippen molar-refractivity contribution in [1.29, 1.82) is 0 Å². The molecule has 0 fully saturated rings. The third kappa shape index (κ3) is 7.41. The maximum absolute atomic E-state index is 5.62. The minimum Gasteiger partial charge on any atom is -0.271 e. The van der Waals surface area contributed by atoms with Gasteiger partial charge in [-0.15, -0.1) is 18.3 Å². The van der Waals surface area contributed by atoms with Gasteiger partial charge in [-0.3, -0.25) is 11.3 Å². The van der Waals surface area contributed by atoms with E-state index in [1.807, 2.05) is 17.8 Å². The molecule has 1 rings (SSSR count). The van der Waals surface area contributed by atoms with Crippen LogP contribution in [0, 0.1) is 6.92 Å². The number of unbranched alkanes of at least 4 members (excludes halogenated alkanes) is 3. The fourth-order valence-electron chi connectivity index (χ4n) is 1.90. The topological polar surface area (TPSA) is 38.0 Å². The number of allylic oxidation sites excluding steroid dienone is 1. The number of hydrazine groups is 1. The van der Waals surface area contributed by atoms with E-state index >= 15 is 0 Å². The normalized spacial score (nSPS) is 12.3. The Morgan fingerprint density at radius 3 is 2.63 bits per heavy atom. The number of aryl methyl sites for hydroxylation is 1. The first-order valence-corrected chi connectivity index (χ1v) is 8.01. The first-order chi connectivity index (χ1) is 9.26. The van der Waals surface area contributed by atoms with Crippen LogP contribution in [0.15, 0.2) is 41.8 Å². The zero-order valence-corrected chi connectivity index (χ0v) is 12.7. The maximum atomic E-state index is 5.62. The smallest absolute Gasteiger partial charge is 0.0304 e. The molecule has 0 aliphatic rings. The second-order valence-electron chi connectivity index (χ2n) is 4.91. The molecule has 2 nitrogen and oxygen atoms in total. The summed E-state index contributed by atoms with van der Waals surface area (Å²) in [5.41, 5.74) is 4.24. The first-order valence-electron chi connectivity index (χ1n) is 7.02. The highest BCUT2D eigenvalue weighted by Gasteiger charge is 2.06. The van der Waals surface area contributed by atoms with E-state index in [4.69, 9.17) is 5.84 Å². The van der Waals surface area contributed by atoms with Crippen LogP contribution in [0.1, 0.15) is 37.7 Å². The molecular weight excluding hydrogens is 252 g/mol. The number of thioether (sulfide) groups is 1. The van der Waals surface area contributed by atoms with E-state index in [-0.39, 0.29) is 0 Å². The predicted molar refractivity (Wildman–Crippen MR) is 86.3 cm³/mol. The molecule has 1 unspecified atom stereocenters. The third-order valence-corrected chi connectivity index (χ3v) is 4.34. The van der Waals surface area contributed by atoms with Crippen molar-refractivity contribution in [2.24, 2.45) is 5.84 Å². The van der Waals surface area contributed by atoms with Gasteiger partial charge in [-0.05, 0) is 38.3 Å². The van der Waals surface area contributed by atoms with Crippen molar-refractivity contribution in [3.63, 3.8) is 0 Å². The SMILES string of the molecule is C=CCCCCCC(CSc1ccc(C)cc1)NN. The zero-order chi connectivity index (χ0) is 13.9. The molecule has 0 heterocycles. The van der Waals surface area contributed by atoms with Crippen LogP contribution in [0.2, 0.25) is 0 Å². The van der Waals surface area contributed by atoms with Crippen LogP contribution in [-0.2, 0) is 0 Å². The average molecular weight is 278 g/mol. The van der Waals surface area contributed by atoms with Crippen LogP contribution in [0.25, 0.3) is 0 Å². The molecule has 0 saturated carbocycles. The van der Waals surface area contributed by atoms with Crippen LogP contribution in [0.3, 0.4) is 0 Å². The number of rotatable bonds is 10. The summed E-state index contributed by atoms with van der Waals surface area (Å²) in [4.78, 5) is 1.32. The number of hydrogen-bond acceptors (Lipinski definition) is 3. The summed E-state index contributed by atoms with van der Waals surface area (Å²) in [5, 5.41) is 0. The number of nitrogens with two attached hydrogens (primary N) is 1. The van der Waals surface area contributed by atoms with E-state index in [9.17, 15) is 0 Å². The van der Waals surface area contributed by atoms with Gasteiger partial charge in [0.15, 0.2) is 0 Å². The van der Waals surface area contributed by atoms with E-state index in [0.29, 0.717) is 6.04 Å². The number of nitrogens with one attached hydrogen (secondary N) is 1. The van der Waals surface area contributed by atoms with Gasteiger partial charge in [-0.2, -0.15) is 0 Å². The fraction of sp³-hybridized carbons (Fsp3) is 0.500. The third-order valence-electron chi connectivity index (χ3n) is 3.17. The lowest BCUT2D eigenvalue weighted by atomic mass is 10.1. The van der Waals surface area contributed by atoms with Gasteiger partial charge in [0, 0.05) is 16.7 Å². The van der Waals surface area contributed by atoms with Crippen LogP contribution in [0.5, 0.6) is 0 Å². The molecule has 0 aliphatic heterocycles. The average Bonchev–Trinajstić information content (AvgIpc) is 2.44. The Hall–Kier alpha value is -0.770. The Kier molecular flexibility index (Phi) is 8.63. The van der Waals surface area contributed by atoms with Crippen molar-refractivity contribution >= 4 is 11.8 Å². The first kappa shape index (κ1) is 16.3. The van der Waals surface area contributed by atoms with Crippen molar-refractivity contribution in [2.75, 3.05) is 5.75 Å². The summed E-state index contributed by atoms with van der Waals surface area (Å²) >= 11 is 1.87. The molecule has 3 N–H and O–H groups in total. The molecule has 0 radical (unpaired) electrons. The van der Waals surface area contributed by atoms with Crippen LogP contribution < -0.4 is 11.3 Å². The number of benzene rings is 1. The Balaban J connectivity index is 2.20. The summed E-state index contributed by atoms with van der Waals surface area (Å²) in [6.45, 7) is 5.86. The Morgan fingerprint density at radius 2 is 2.00 bits per heavy atom. The second-order valence-corrected chi connectivity index (χ2v) is 6.01. The van der Waals surface area contributed by atoms with Gasteiger partial charge in [0.2, 0.25) is 0 Å². The fourth-order valence-corrected chi connectivity index (χ4v) is 2.89. The summed E-state index contributed by atoms with van der Waals surface area (Å²) in [5.74, 6) is 6.65. The van der Waals surface area contributed by atoms with E-state index in [1.54, 1.807) is 0 Å². The Labute approximate surface area is 121 Å². The van der Waals surface area contributed by atoms with Gasteiger partial charge >= 0.3 is 0 Å². The highest BCUT2D eigenvalue weighted by Crippen LogP contribution is 2.20. The molecule has 1 aromatic carbocycles. The molecule has 106 valence electrons. The molecule has 0 amide bonds. The summed E-state index contributed by atoms with van der Waals surface area (Å²) in [7, 11) is 0. The van der Waals surface area contributed by atoms with Crippen LogP contribution in [0.4, 0.5) is 0 Å². The van der Waals surface area contributed by atoms with Gasteiger partial charge in [-0.25, -0.2) is 0 Å². The van der Waals surface area contributed by atoms with E-state index in [0.717, 1.165) is 18.6 Å². The predicted octanol–water partition coefficient (Wildman–Crippen LogP) is 4.06. The van der Waals surface area contributed by atoms with E-state index < -0.39 is 0 Å². The number of hydrogen-bond donors (Lipinski definition) is 2. The molecule has 0 aromatic heterocycles.